The van der Waals surface area contributed by atoms with Crippen LogP contribution in [0.5, 0.6) is 0 Å². The number of aliphatic imine (C=N–C) groups is 1. The van der Waals surface area contributed by atoms with Crippen LogP contribution in [0.4, 0.5) is 0 Å². The largest absolute Gasteiger partial charge is 0.385 e. The van der Waals surface area contributed by atoms with Gasteiger partial charge in [0, 0.05) is 46.6 Å². The van der Waals surface area contributed by atoms with E-state index in [-0.39, 0.29) is 24.0 Å². The van der Waals surface area contributed by atoms with E-state index in [2.05, 4.69) is 24.5 Å². The van der Waals surface area contributed by atoms with Crippen molar-refractivity contribution in [1.82, 2.24) is 10.6 Å². The number of halogens is 1. The van der Waals surface area contributed by atoms with Crippen molar-refractivity contribution < 1.29 is 9.47 Å². The molecule has 0 radical (unpaired) electrons. The summed E-state index contributed by atoms with van der Waals surface area (Å²) in [5.74, 6) is 0.965. The van der Waals surface area contributed by atoms with Crippen LogP contribution in [0, 0.1) is 5.41 Å². The summed E-state index contributed by atoms with van der Waals surface area (Å²) in [6, 6.07) is 0. The van der Waals surface area contributed by atoms with E-state index in [4.69, 9.17) is 14.5 Å². The molecule has 0 bridgehead atoms. The van der Waals surface area contributed by atoms with E-state index >= 15 is 0 Å². The second kappa shape index (κ2) is 16.1. The first-order valence-corrected chi connectivity index (χ1v) is 9.85. The third-order valence-corrected chi connectivity index (χ3v) is 4.88. The van der Waals surface area contributed by atoms with Crippen molar-refractivity contribution in [2.45, 2.75) is 65.2 Å². The Bertz CT molecular complexity index is 335. The molecule has 0 aromatic rings. The number of rotatable bonds is 13. The van der Waals surface area contributed by atoms with E-state index in [9.17, 15) is 0 Å². The van der Waals surface area contributed by atoms with E-state index < -0.39 is 0 Å². The van der Waals surface area contributed by atoms with Gasteiger partial charge in [0.15, 0.2) is 5.96 Å². The van der Waals surface area contributed by atoms with Gasteiger partial charge in [-0.1, -0.05) is 12.8 Å². The summed E-state index contributed by atoms with van der Waals surface area (Å²) in [5.41, 5.74) is 0.357. The van der Waals surface area contributed by atoms with Crippen molar-refractivity contribution in [3.63, 3.8) is 0 Å². The number of guanidine groups is 1. The normalized spacial score (nSPS) is 16.5. The lowest BCUT2D eigenvalue weighted by Gasteiger charge is -2.27. The topological polar surface area (TPSA) is 54.9 Å². The fourth-order valence-electron chi connectivity index (χ4n) is 3.39. The Morgan fingerprint density at radius 2 is 1.80 bits per heavy atom. The third-order valence-electron chi connectivity index (χ3n) is 4.88. The molecule has 0 aromatic carbocycles. The van der Waals surface area contributed by atoms with Gasteiger partial charge in [-0.3, -0.25) is 4.99 Å². The molecule has 0 unspecified atom stereocenters. The molecule has 25 heavy (non-hydrogen) atoms. The van der Waals surface area contributed by atoms with Gasteiger partial charge in [-0.05, 0) is 57.8 Å². The first-order valence-electron chi connectivity index (χ1n) is 9.85. The number of nitrogens with zero attached hydrogens (tertiary/aromatic N) is 1. The molecule has 1 fully saturated rings. The minimum absolute atomic E-state index is 0. The number of nitrogens with one attached hydrogen (secondary N) is 2. The van der Waals surface area contributed by atoms with Crippen molar-refractivity contribution in [3.8, 4) is 0 Å². The fraction of sp³-hybridized carbons (Fsp3) is 0.947. The van der Waals surface area contributed by atoms with Gasteiger partial charge in [0.05, 0.1) is 0 Å². The maximum atomic E-state index is 5.60. The lowest BCUT2D eigenvalue weighted by Crippen LogP contribution is -2.39. The average Bonchev–Trinajstić information content (AvgIpc) is 3.05. The van der Waals surface area contributed by atoms with Gasteiger partial charge in [0.2, 0.25) is 0 Å². The molecule has 0 atom stereocenters. The van der Waals surface area contributed by atoms with Crippen LogP contribution in [0.25, 0.3) is 0 Å². The van der Waals surface area contributed by atoms with Crippen LogP contribution in [-0.2, 0) is 9.47 Å². The highest BCUT2D eigenvalue weighted by Gasteiger charge is 2.33. The Labute approximate surface area is 172 Å². The van der Waals surface area contributed by atoms with Gasteiger partial charge in [-0.15, -0.1) is 24.0 Å². The molecular formula is C19H40IN3O2. The third kappa shape index (κ3) is 11.3. The zero-order valence-electron chi connectivity index (χ0n) is 16.6. The lowest BCUT2D eigenvalue weighted by atomic mass is 9.83. The van der Waals surface area contributed by atoms with Crippen LogP contribution < -0.4 is 10.6 Å². The smallest absolute Gasteiger partial charge is 0.191 e. The molecule has 0 aliphatic heterocycles. The van der Waals surface area contributed by atoms with Gasteiger partial charge < -0.3 is 20.1 Å². The van der Waals surface area contributed by atoms with E-state index in [1.807, 2.05) is 0 Å². The lowest BCUT2D eigenvalue weighted by molar-refractivity contribution is 0.107. The molecule has 0 aromatic heterocycles. The summed E-state index contributed by atoms with van der Waals surface area (Å²) < 4.78 is 10.7. The molecule has 1 saturated carbocycles. The molecule has 0 spiro atoms. The highest BCUT2D eigenvalue weighted by molar-refractivity contribution is 14.0. The summed E-state index contributed by atoms with van der Waals surface area (Å²) in [6.45, 7) is 9.52. The van der Waals surface area contributed by atoms with Gasteiger partial charge >= 0.3 is 0 Å². The molecule has 2 N–H and O–H groups in total. The van der Waals surface area contributed by atoms with Crippen molar-refractivity contribution in [3.05, 3.63) is 0 Å². The van der Waals surface area contributed by atoms with Gasteiger partial charge in [-0.25, -0.2) is 0 Å². The molecule has 1 aliphatic carbocycles. The predicted octanol–water partition coefficient (Wildman–Crippen LogP) is 3.96. The fourth-order valence-corrected chi connectivity index (χ4v) is 3.39. The molecule has 1 rings (SSSR count). The van der Waals surface area contributed by atoms with Crippen LogP contribution in [0.1, 0.15) is 65.2 Å². The van der Waals surface area contributed by atoms with Gasteiger partial charge in [0.1, 0.15) is 0 Å². The first kappa shape index (κ1) is 24.9. The van der Waals surface area contributed by atoms with Gasteiger partial charge in [-0.2, -0.15) is 0 Å². The Hall–Kier alpha value is -0.0800. The summed E-state index contributed by atoms with van der Waals surface area (Å²) in [7, 11) is 1.76. The Morgan fingerprint density at radius 1 is 1.04 bits per heavy atom. The second-order valence-electron chi connectivity index (χ2n) is 6.83. The molecule has 5 nitrogen and oxygen atoms in total. The van der Waals surface area contributed by atoms with Crippen LogP contribution in [0.3, 0.4) is 0 Å². The molecule has 150 valence electrons. The Morgan fingerprint density at radius 3 is 2.44 bits per heavy atom. The van der Waals surface area contributed by atoms with Crippen molar-refractivity contribution in [2.75, 3.05) is 46.6 Å². The quantitative estimate of drug-likeness (QED) is 0.186. The van der Waals surface area contributed by atoms with Crippen LogP contribution in [0.2, 0.25) is 0 Å². The minimum atomic E-state index is 0. The summed E-state index contributed by atoms with van der Waals surface area (Å²) >= 11 is 0. The van der Waals surface area contributed by atoms with Gasteiger partial charge in [0.25, 0.3) is 0 Å². The molecule has 6 heteroatoms. The summed E-state index contributed by atoms with van der Waals surface area (Å²) in [6.07, 6.45) is 9.88. The van der Waals surface area contributed by atoms with E-state index in [1.165, 1.54) is 32.1 Å². The standard InChI is InChI=1S/C19H39N3O2.HI/c1-4-20-18(21-14-9-6-10-15-23-3)22-17-19(11-7-8-12-19)13-16-24-5-2;/h4-17H2,1-3H3,(H2,20,21,22);1H. The zero-order valence-corrected chi connectivity index (χ0v) is 18.9. The molecule has 0 heterocycles. The van der Waals surface area contributed by atoms with Crippen LogP contribution in [0.15, 0.2) is 4.99 Å². The number of methoxy groups -OCH3 is 1. The average molecular weight is 469 g/mol. The number of hydrogen-bond donors (Lipinski definition) is 2. The summed E-state index contributed by atoms with van der Waals surface area (Å²) in [5, 5.41) is 6.85. The summed E-state index contributed by atoms with van der Waals surface area (Å²) in [4.78, 5) is 4.89. The predicted molar refractivity (Wildman–Crippen MR) is 117 cm³/mol. The zero-order chi connectivity index (χ0) is 17.5. The highest BCUT2D eigenvalue weighted by Crippen LogP contribution is 2.41. The molecule has 0 amide bonds. The molecule has 0 saturated heterocycles. The van der Waals surface area contributed by atoms with E-state index in [0.29, 0.717) is 5.41 Å². The van der Waals surface area contributed by atoms with Crippen LogP contribution >= 0.6 is 24.0 Å². The SMILES string of the molecule is CCNC(=NCC1(CCOCC)CCCC1)NCCCCCOC.I. The van der Waals surface area contributed by atoms with Crippen molar-refractivity contribution in [1.29, 1.82) is 0 Å². The van der Waals surface area contributed by atoms with Crippen LogP contribution in [-0.4, -0.2) is 52.5 Å². The van der Waals surface area contributed by atoms with E-state index in [1.54, 1.807) is 7.11 Å². The monoisotopic (exact) mass is 469 g/mol. The molecular weight excluding hydrogens is 429 g/mol. The second-order valence-corrected chi connectivity index (χ2v) is 6.83. The van der Waals surface area contributed by atoms with Crippen molar-refractivity contribution in [2.24, 2.45) is 10.4 Å². The van der Waals surface area contributed by atoms with E-state index in [0.717, 1.165) is 64.7 Å². The Kier molecular flexibility index (Phi) is 16.1. The Balaban J connectivity index is 0.00000576. The number of ether oxygens (including phenoxy) is 2. The number of unbranched alkanes of at least 4 members (excludes halogenated alkanes) is 2. The minimum Gasteiger partial charge on any atom is -0.385 e. The maximum Gasteiger partial charge on any atom is 0.191 e. The highest BCUT2D eigenvalue weighted by atomic mass is 127. The molecule has 1 aliphatic rings. The first-order chi connectivity index (χ1) is 11.8. The number of hydrogen-bond acceptors (Lipinski definition) is 3. The van der Waals surface area contributed by atoms with Crippen molar-refractivity contribution >= 4 is 29.9 Å². The maximum absolute atomic E-state index is 5.60.